The van der Waals surface area contributed by atoms with Crippen LogP contribution in [0.2, 0.25) is 0 Å². The molecule has 0 aliphatic carbocycles. The van der Waals surface area contributed by atoms with E-state index >= 15 is 0 Å². The van der Waals surface area contributed by atoms with Crippen molar-refractivity contribution in [3.8, 4) is 0 Å². The standard InChI is InChI=1S/C74H79BN4/c1-15-73(13,16-2)56-30-38-60(39-31-56)76(58-34-24-48(5)25-35-58)68-46-70-62(44-54(68)11)75-63-45-55(12)69(77(59-36-26-49(6)27-37-59)61-40-32-57(33-41-61)74(14,17-3)18-4)47-71(63)79(67-43-51(8)23-29-53(67)10)65-21-19-20-64(72(65)75)78(70)66-42-50(7)22-28-52(66)9/h19-47H,15-18H2,1-14H3. The SMILES string of the molecule is CCC(C)(CC)c1ccc(N(c2ccc(C)cc2)c2cc3c(cc2C)B2c4cc(C)c(N(c5ccc(C)cc5)c5ccc(C(C)(CC)CC)cc5)cc4N(c4cc(C)ccc4C)c4cccc(c42)N3c2cc(C)ccc2C)cc1. The topological polar surface area (TPSA) is 13.0 Å². The Morgan fingerprint density at radius 3 is 1.01 bits per heavy atom. The molecule has 0 amide bonds. The largest absolute Gasteiger partial charge is 0.311 e. The summed E-state index contributed by atoms with van der Waals surface area (Å²) >= 11 is 0. The van der Waals surface area contributed by atoms with Crippen LogP contribution in [0.25, 0.3) is 0 Å². The monoisotopic (exact) mass is 1030 g/mol. The first kappa shape index (κ1) is 53.3. The van der Waals surface area contributed by atoms with Crippen LogP contribution >= 0.6 is 0 Å². The lowest BCUT2D eigenvalue weighted by Crippen LogP contribution is -2.61. The van der Waals surface area contributed by atoms with Crippen molar-refractivity contribution >= 4 is 91.3 Å². The van der Waals surface area contributed by atoms with Gasteiger partial charge in [0.15, 0.2) is 0 Å². The first-order valence-corrected chi connectivity index (χ1v) is 29.1. The molecule has 0 unspecified atom stereocenters. The van der Waals surface area contributed by atoms with E-state index in [0.717, 1.165) is 59.8 Å². The maximum Gasteiger partial charge on any atom is 0.252 e. The van der Waals surface area contributed by atoms with E-state index in [1.54, 1.807) is 0 Å². The molecule has 0 spiro atoms. The molecule has 398 valence electrons. The van der Waals surface area contributed by atoms with Crippen LogP contribution in [0.5, 0.6) is 0 Å². The van der Waals surface area contributed by atoms with Gasteiger partial charge in [-0.15, -0.1) is 0 Å². The zero-order chi connectivity index (χ0) is 55.7. The van der Waals surface area contributed by atoms with Crippen molar-refractivity contribution in [2.75, 3.05) is 19.6 Å². The van der Waals surface area contributed by atoms with Crippen molar-refractivity contribution in [3.63, 3.8) is 0 Å². The van der Waals surface area contributed by atoms with E-state index in [-0.39, 0.29) is 17.5 Å². The predicted octanol–water partition coefficient (Wildman–Crippen LogP) is 19.3. The summed E-state index contributed by atoms with van der Waals surface area (Å²) in [7, 11) is 0. The minimum Gasteiger partial charge on any atom is -0.311 e. The molecule has 79 heavy (non-hydrogen) atoms. The van der Waals surface area contributed by atoms with Crippen LogP contribution in [-0.2, 0) is 10.8 Å². The van der Waals surface area contributed by atoms with Gasteiger partial charge in [0.2, 0.25) is 0 Å². The summed E-state index contributed by atoms with van der Waals surface area (Å²) in [5.41, 5.74) is 30.9. The van der Waals surface area contributed by atoms with Gasteiger partial charge in [0.05, 0.1) is 11.4 Å². The van der Waals surface area contributed by atoms with Crippen molar-refractivity contribution in [3.05, 3.63) is 232 Å². The second-order valence-electron chi connectivity index (χ2n) is 23.8. The molecular formula is C74H79BN4. The van der Waals surface area contributed by atoms with Crippen LogP contribution in [-0.4, -0.2) is 6.71 Å². The van der Waals surface area contributed by atoms with E-state index in [2.05, 4.69) is 292 Å². The lowest BCUT2D eigenvalue weighted by Gasteiger charge is -2.45. The normalized spacial score (nSPS) is 12.8. The van der Waals surface area contributed by atoms with E-state index < -0.39 is 0 Å². The fraction of sp³-hybridized carbons (Fsp3) is 0.270. The molecule has 0 atom stereocenters. The van der Waals surface area contributed by atoms with Crippen LogP contribution in [0.3, 0.4) is 0 Å². The van der Waals surface area contributed by atoms with Crippen LogP contribution in [0, 0.1) is 55.4 Å². The summed E-state index contributed by atoms with van der Waals surface area (Å²) < 4.78 is 0. The highest BCUT2D eigenvalue weighted by atomic mass is 15.2. The molecule has 0 fully saturated rings. The fourth-order valence-electron chi connectivity index (χ4n) is 12.7. The van der Waals surface area contributed by atoms with E-state index in [4.69, 9.17) is 0 Å². The second kappa shape index (κ2) is 20.8. The van der Waals surface area contributed by atoms with Gasteiger partial charge in [-0.2, -0.15) is 0 Å². The molecule has 11 rings (SSSR count). The van der Waals surface area contributed by atoms with Crippen molar-refractivity contribution in [1.82, 2.24) is 0 Å². The zero-order valence-electron chi connectivity index (χ0n) is 49.4. The number of aryl methyl sites for hydroxylation is 8. The lowest BCUT2D eigenvalue weighted by molar-refractivity contribution is 0.439. The third-order valence-corrected chi connectivity index (χ3v) is 18.7. The van der Waals surface area contributed by atoms with Gasteiger partial charge in [0.1, 0.15) is 0 Å². The van der Waals surface area contributed by atoms with E-state index in [9.17, 15) is 0 Å². The molecule has 0 radical (unpaired) electrons. The summed E-state index contributed by atoms with van der Waals surface area (Å²) in [6, 6.07) is 68.0. The number of benzene rings is 9. The highest BCUT2D eigenvalue weighted by Gasteiger charge is 2.45. The molecule has 2 aliphatic heterocycles. The van der Waals surface area contributed by atoms with Crippen molar-refractivity contribution in [2.45, 2.75) is 133 Å². The molecule has 5 heteroatoms. The van der Waals surface area contributed by atoms with E-state index in [0.29, 0.717) is 0 Å². The third-order valence-electron chi connectivity index (χ3n) is 18.7. The smallest absolute Gasteiger partial charge is 0.252 e. The molecular weight excluding hydrogens is 956 g/mol. The highest BCUT2D eigenvalue weighted by molar-refractivity contribution is 7.00. The van der Waals surface area contributed by atoms with E-state index in [1.165, 1.54) is 106 Å². The van der Waals surface area contributed by atoms with Crippen LogP contribution in [0.1, 0.15) is 123 Å². The van der Waals surface area contributed by atoms with Gasteiger partial charge in [-0.3, -0.25) is 0 Å². The molecule has 0 aromatic heterocycles. The number of fused-ring (bicyclic) bond motifs is 4. The summed E-state index contributed by atoms with van der Waals surface area (Å²) in [5, 5.41) is 0. The second-order valence-corrected chi connectivity index (χ2v) is 23.8. The molecule has 0 N–H and O–H groups in total. The Hall–Kier alpha value is -7.76. The predicted molar refractivity (Wildman–Crippen MR) is 344 cm³/mol. The van der Waals surface area contributed by atoms with Crippen molar-refractivity contribution in [2.24, 2.45) is 0 Å². The number of rotatable bonds is 14. The zero-order valence-corrected chi connectivity index (χ0v) is 49.4. The minimum absolute atomic E-state index is 0.0693. The van der Waals surface area contributed by atoms with Gasteiger partial charge >= 0.3 is 0 Å². The Bertz CT molecular complexity index is 3490. The van der Waals surface area contributed by atoms with Crippen LogP contribution < -0.4 is 36.0 Å². The molecule has 2 aliphatic rings. The quantitative estimate of drug-likeness (QED) is 0.101. The number of hydrogen-bond acceptors (Lipinski definition) is 4. The first-order chi connectivity index (χ1) is 38.0. The fourth-order valence-corrected chi connectivity index (χ4v) is 12.7. The Labute approximate surface area is 473 Å². The third kappa shape index (κ3) is 9.23. The molecule has 2 heterocycles. The molecule has 9 aromatic rings. The average molecular weight is 1040 g/mol. The first-order valence-electron chi connectivity index (χ1n) is 29.1. The Morgan fingerprint density at radius 1 is 0.342 bits per heavy atom. The van der Waals surface area contributed by atoms with Gasteiger partial charge in [-0.05, 0) is 238 Å². The van der Waals surface area contributed by atoms with Crippen molar-refractivity contribution in [1.29, 1.82) is 0 Å². The molecule has 0 saturated heterocycles. The summed E-state index contributed by atoms with van der Waals surface area (Å²) in [6.45, 7) is 32.0. The maximum atomic E-state index is 2.60. The Kier molecular flexibility index (Phi) is 14.0. The number of nitrogens with zero attached hydrogens (tertiary/aromatic N) is 4. The van der Waals surface area contributed by atoms with Gasteiger partial charge < -0.3 is 19.6 Å². The maximum absolute atomic E-state index is 2.60. The number of hydrogen-bond donors (Lipinski definition) is 0. The molecule has 9 aromatic carbocycles. The van der Waals surface area contributed by atoms with Gasteiger partial charge in [-0.25, -0.2) is 0 Å². The molecule has 0 bridgehead atoms. The van der Waals surface area contributed by atoms with Crippen molar-refractivity contribution < 1.29 is 0 Å². The van der Waals surface area contributed by atoms with Gasteiger partial charge in [0, 0.05) is 56.9 Å². The summed E-state index contributed by atoms with van der Waals surface area (Å²) in [4.78, 5) is 10.2. The molecule has 4 nitrogen and oxygen atoms in total. The van der Waals surface area contributed by atoms with Gasteiger partial charge in [-0.1, -0.05) is 144 Å². The van der Waals surface area contributed by atoms with Crippen LogP contribution in [0.4, 0.5) is 68.2 Å². The van der Waals surface area contributed by atoms with E-state index in [1.807, 2.05) is 0 Å². The van der Waals surface area contributed by atoms with Crippen LogP contribution in [0.15, 0.2) is 176 Å². The summed E-state index contributed by atoms with van der Waals surface area (Å²) in [5.74, 6) is 0. The minimum atomic E-state index is -0.0693. The molecule has 0 saturated carbocycles. The number of anilines is 12. The Balaban J connectivity index is 1.19. The Morgan fingerprint density at radius 2 is 0.671 bits per heavy atom. The lowest BCUT2D eigenvalue weighted by atomic mass is 9.33. The summed E-state index contributed by atoms with van der Waals surface area (Å²) in [6.07, 6.45) is 4.37. The average Bonchev–Trinajstić information content (AvgIpc) is 3.52. The van der Waals surface area contributed by atoms with Gasteiger partial charge in [0.25, 0.3) is 6.71 Å². The highest BCUT2D eigenvalue weighted by Crippen LogP contribution is 2.50.